The molecule has 0 aliphatic rings. The van der Waals surface area contributed by atoms with Crippen LogP contribution in [0.1, 0.15) is 65.3 Å². The van der Waals surface area contributed by atoms with Crippen molar-refractivity contribution >= 4 is 10.1 Å². The topological polar surface area (TPSA) is 72.8 Å². The van der Waals surface area contributed by atoms with Crippen molar-refractivity contribution in [3.63, 3.8) is 0 Å². The molecule has 0 spiro atoms. The fourth-order valence-corrected chi connectivity index (χ4v) is 3.19. The van der Waals surface area contributed by atoms with E-state index in [4.69, 9.17) is 14.0 Å². The van der Waals surface area contributed by atoms with E-state index >= 15 is 0 Å². The molecule has 0 unspecified atom stereocenters. The van der Waals surface area contributed by atoms with Gasteiger partial charge in [-0.3, -0.25) is 4.55 Å². The molecule has 5 nitrogen and oxygen atoms in total. The zero-order chi connectivity index (χ0) is 19.1. The number of hydrogen-bond acceptors (Lipinski definition) is 4. The zero-order valence-electron chi connectivity index (χ0n) is 18.0. The summed E-state index contributed by atoms with van der Waals surface area (Å²) < 4.78 is 40.6. The predicted molar refractivity (Wildman–Crippen MR) is 107 cm³/mol. The van der Waals surface area contributed by atoms with Crippen LogP contribution in [-0.4, -0.2) is 38.5 Å². The van der Waals surface area contributed by atoms with Crippen LogP contribution in [0.25, 0.3) is 0 Å². The number of ether oxygens (including phenoxy) is 2. The van der Waals surface area contributed by atoms with Crippen molar-refractivity contribution in [3.05, 3.63) is 29.8 Å². The third kappa shape index (κ3) is 17.1. The van der Waals surface area contributed by atoms with Crippen LogP contribution in [0.2, 0.25) is 0 Å². The molecule has 7 heteroatoms. The first-order valence-electron chi connectivity index (χ1n) is 9.76. The Morgan fingerprint density at radius 3 is 2.15 bits per heavy atom. The molecule has 152 valence electrons. The van der Waals surface area contributed by atoms with Gasteiger partial charge in [-0.1, -0.05) is 57.6 Å². The Bertz CT molecular complexity index is 566. The second-order valence-electron chi connectivity index (χ2n) is 6.62. The molecule has 1 rings (SSSR count). The van der Waals surface area contributed by atoms with Crippen molar-refractivity contribution in [1.82, 2.24) is 0 Å². The Labute approximate surface area is 209 Å². The standard InChI is InChI=1S/C20H34O5S.K.H/c1-2-3-4-5-6-7-8-10-19-11-13-20(14-12-19)25-17-16-24-15-9-18-26(21,22)23;;/h11-14H,2-10,15-18H2,1H3,(H,21,22,23);;/q;+1;-1. The van der Waals surface area contributed by atoms with Crippen LogP contribution >= 0.6 is 0 Å². The number of benzene rings is 1. The van der Waals surface area contributed by atoms with Crippen molar-refractivity contribution in [2.75, 3.05) is 25.6 Å². The number of hydrogen-bond donors (Lipinski definition) is 1. The Hall–Kier alpha value is 0.526. The molecule has 0 saturated carbocycles. The minimum Gasteiger partial charge on any atom is -1.00 e. The van der Waals surface area contributed by atoms with E-state index in [1.54, 1.807) is 0 Å². The predicted octanol–water partition coefficient (Wildman–Crippen LogP) is 1.77. The monoisotopic (exact) mass is 426 g/mol. The van der Waals surface area contributed by atoms with Crippen LogP contribution in [0.15, 0.2) is 24.3 Å². The second-order valence-corrected chi connectivity index (χ2v) is 8.19. The largest absolute Gasteiger partial charge is 1.00 e. The van der Waals surface area contributed by atoms with E-state index < -0.39 is 10.1 Å². The summed E-state index contributed by atoms with van der Waals surface area (Å²) in [6.07, 6.45) is 10.7. The molecular weight excluding hydrogens is 391 g/mol. The van der Waals surface area contributed by atoms with Crippen molar-refractivity contribution in [2.45, 2.75) is 64.7 Å². The SMILES string of the molecule is CCCCCCCCCc1ccc(OCCOCCCS(=O)(=O)O)cc1.[H-].[K+]. The Kier molecular flexibility index (Phi) is 17.7. The molecule has 0 bridgehead atoms. The average Bonchev–Trinajstić information content (AvgIpc) is 2.60. The molecule has 0 saturated heterocycles. The van der Waals surface area contributed by atoms with Crippen molar-refractivity contribution < 1.29 is 75.3 Å². The smallest absolute Gasteiger partial charge is 1.00 e. The maximum atomic E-state index is 10.5. The zero-order valence-corrected chi connectivity index (χ0v) is 20.9. The van der Waals surface area contributed by atoms with Gasteiger partial charge in [-0.15, -0.1) is 0 Å². The van der Waals surface area contributed by atoms with Gasteiger partial charge in [0.25, 0.3) is 10.1 Å². The molecular formula is C20H35KO5S. The summed E-state index contributed by atoms with van der Waals surface area (Å²) in [7, 11) is -3.89. The van der Waals surface area contributed by atoms with E-state index in [0.29, 0.717) is 19.8 Å². The average molecular weight is 427 g/mol. The molecule has 27 heavy (non-hydrogen) atoms. The molecule has 1 aromatic rings. The van der Waals surface area contributed by atoms with Crippen LogP contribution in [0.3, 0.4) is 0 Å². The van der Waals surface area contributed by atoms with Gasteiger partial charge in [0.1, 0.15) is 12.4 Å². The summed E-state index contributed by atoms with van der Waals surface area (Å²) in [5.74, 6) is 0.545. The second kappa shape index (κ2) is 17.4. The van der Waals surface area contributed by atoms with Crippen molar-refractivity contribution in [2.24, 2.45) is 0 Å². The minimum absolute atomic E-state index is 0. The Morgan fingerprint density at radius 2 is 1.52 bits per heavy atom. The van der Waals surface area contributed by atoms with E-state index in [2.05, 4.69) is 19.1 Å². The maximum Gasteiger partial charge on any atom is 1.00 e. The molecule has 0 atom stereocenters. The van der Waals surface area contributed by atoms with Crippen LogP contribution in [0.5, 0.6) is 5.75 Å². The molecule has 0 amide bonds. The Balaban J connectivity index is 0. The summed E-state index contributed by atoms with van der Waals surface area (Å²) in [4.78, 5) is 0. The van der Waals surface area contributed by atoms with Gasteiger partial charge < -0.3 is 10.9 Å². The third-order valence-electron chi connectivity index (χ3n) is 4.18. The molecule has 0 fully saturated rings. The first-order valence-corrected chi connectivity index (χ1v) is 11.4. The molecule has 0 aliphatic heterocycles. The first-order chi connectivity index (χ1) is 12.5. The fraction of sp³-hybridized carbons (Fsp3) is 0.700. The van der Waals surface area contributed by atoms with Gasteiger partial charge in [0.15, 0.2) is 0 Å². The summed E-state index contributed by atoms with van der Waals surface area (Å²) in [6, 6.07) is 8.18. The summed E-state index contributed by atoms with van der Waals surface area (Å²) in [6.45, 7) is 3.35. The van der Waals surface area contributed by atoms with E-state index in [1.165, 1.54) is 50.5 Å². The normalized spacial score (nSPS) is 11.2. The number of aryl methyl sites for hydroxylation is 1. The van der Waals surface area contributed by atoms with Gasteiger partial charge in [-0.2, -0.15) is 8.42 Å². The molecule has 0 aromatic heterocycles. The molecule has 1 N–H and O–H groups in total. The van der Waals surface area contributed by atoms with Gasteiger partial charge in [0, 0.05) is 6.61 Å². The summed E-state index contributed by atoms with van der Waals surface area (Å²) in [5.41, 5.74) is 1.34. The third-order valence-corrected chi connectivity index (χ3v) is 4.98. The fourth-order valence-electron chi connectivity index (χ4n) is 2.70. The van der Waals surface area contributed by atoms with Crippen molar-refractivity contribution in [1.29, 1.82) is 0 Å². The van der Waals surface area contributed by atoms with Gasteiger partial charge in [-0.25, -0.2) is 0 Å². The Morgan fingerprint density at radius 1 is 0.889 bits per heavy atom. The molecule has 1 aromatic carbocycles. The maximum absolute atomic E-state index is 10.5. The van der Waals surface area contributed by atoms with Gasteiger partial charge in [-0.05, 0) is 37.0 Å². The first kappa shape index (κ1) is 27.5. The van der Waals surface area contributed by atoms with Gasteiger partial charge in [0.05, 0.1) is 12.4 Å². The van der Waals surface area contributed by atoms with Gasteiger partial charge in [0.2, 0.25) is 0 Å². The van der Waals surface area contributed by atoms with E-state index in [1.807, 2.05) is 12.1 Å². The summed E-state index contributed by atoms with van der Waals surface area (Å²) in [5, 5.41) is 0. The number of rotatable bonds is 16. The van der Waals surface area contributed by atoms with Crippen LogP contribution < -0.4 is 56.1 Å². The van der Waals surface area contributed by atoms with Crippen LogP contribution in [0.4, 0.5) is 0 Å². The van der Waals surface area contributed by atoms with E-state index in [0.717, 1.165) is 12.2 Å². The quantitative estimate of drug-likeness (QED) is 0.248. The van der Waals surface area contributed by atoms with Crippen LogP contribution in [-0.2, 0) is 21.3 Å². The molecule has 0 aliphatic carbocycles. The van der Waals surface area contributed by atoms with E-state index in [9.17, 15) is 8.42 Å². The van der Waals surface area contributed by atoms with Gasteiger partial charge >= 0.3 is 51.4 Å². The number of unbranched alkanes of at least 4 members (excludes halogenated alkanes) is 6. The van der Waals surface area contributed by atoms with Crippen molar-refractivity contribution in [3.8, 4) is 5.75 Å². The van der Waals surface area contributed by atoms with Crippen LogP contribution in [0, 0.1) is 0 Å². The minimum atomic E-state index is -3.89. The molecule has 0 radical (unpaired) electrons. The summed E-state index contributed by atoms with van der Waals surface area (Å²) >= 11 is 0. The van der Waals surface area contributed by atoms with E-state index in [-0.39, 0.29) is 65.0 Å². The molecule has 0 heterocycles.